The van der Waals surface area contributed by atoms with Crippen molar-refractivity contribution in [1.29, 1.82) is 0 Å². The van der Waals surface area contributed by atoms with Crippen LogP contribution in [-0.2, 0) is 6.61 Å². The fourth-order valence-corrected chi connectivity index (χ4v) is 4.58. The number of nitrogens with zero attached hydrogens (tertiary/aromatic N) is 2. The van der Waals surface area contributed by atoms with E-state index in [0.717, 1.165) is 31.4 Å². The van der Waals surface area contributed by atoms with E-state index in [1.807, 2.05) is 34.5 Å². The van der Waals surface area contributed by atoms with Gasteiger partial charge in [0.1, 0.15) is 12.4 Å². The molecule has 0 bridgehead atoms. The van der Waals surface area contributed by atoms with Crippen molar-refractivity contribution in [2.75, 3.05) is 6.54 Å². The van der Waals surface area contributed by atoms with E-state index in [0.29, 0.717) is 17.2 Å². The van der Waals surface area contributed by atoms with Crippen LogP contribution in [0.3, 0.4) is 0 Å². The van der Waals surface area contributed by atoms with E-state index < -0.39 is 4.92 Å². The molecule has 6 nitrogen and oxygen atoms in total. The van der Waals surface area contributed by atoms with E-state index in [4.69, 9.17) is 4.74 Å². The maximum atomic E-state index is 13.2. The third-order valence-corrected chi connectivity index (χ3v) is 6.23. The Bertz CT molecular complexity index is 1020. The van der Waals surface area contributed by atoms with Crippen molar-refractivity contribution in [2.45, 2.75) is 31.9 Å². The molecule has 2 heterocycles. The number of nitro groups is 1. The van der Waals surface area contributed by atoms with Gasteiger partial charge in [0.05, 0.1) is 15.8 Å². The maximum absolute atomic E-state index is 13.2. The number of ether oxygens (including phenoxy) is 1. The van der Waals surface area contributed by atoms with Crippen LogP contribution >= 0.6 is 11.3 Å². The van der Waals surface area contributed by atoms with Gasteiger partial charge in [-0.2, -0.15) is 0 Å². The Hall–Kier alpha value is -3.19. The first-order valence-electron chi connectivity index (χ1n) is 9.92. The Morgan fingerprint density at radius 3 is 2.63 bits per heavy atom. The summed E-state index contributed by atoms with van der Waals surface area (Å²) in [7, 11) is 0. The Morgan fingerprint density at radius 1 is 1.13 bits per heavy atom. The zero-order valence-corrected chi connectivity index (χ0v) is 17.2. The molecule has 154 valence electrons. The van der Waals surface area contributed by atoms with Crippen LogP contribution in [-0.4, -0.2) is 22.3 Å². The first kappa shape index (κ1) is 20.1. The lowest BCUT2D eigenvalue weighted by Gasteiger charge is -2.36. The molecule has 2 aromatic carbocycles. The molecule has 1 aliphatic rings. The molecule has 1 saturated heterocycles. The van der Waals surface area contributed by atoms with E-state index in [-0.39, 0.29) is 17.6 Å². The molecule has 4 rings (SSSR count). The summed E-state index contributed by atoms with van der Waals surface area (Å²) in [6, 6.07) is 18.2. The van der Waals surface area contributed by atoms with Crippen molar-refractivity contribution in [3.63, 3.8) is 0 Å². The van der Waals surface area contributed by atoms with Gasteiger partial charge in [-0.05, 0) is 48.4 Å². The van der Waals surface area contributed by atoms with Crippen molar-refractivity contribution in [1.82, 2.24) is 4.90 Å². The van der Waals surface area contributed by atoms with Crippen molar-refractivity contribution >= 4 is 22.9 Å². The molecule has 1 unspecified atom stereocenters. The SMILES string of the molecule is O=C(c1cc(COc2ccc([N+](=O)[O-])cc2)cs1)N1CCCCC1c1ccccc1. The highest BCUT2D eigenvalue weighted by Crippen LogP contribution is 2.33. The monoisotopic (exact) mass is 422 g/mol. The first-order valence-corrected chi connectivity index (χ1v) is 10.8. The molecule has 7 heteroatoms. The number of rotatable bonds is 6. The number of carbonyl (C=O) groups excluding carboxylic acids is 1. The number of benzene rings is 2. The van der Waals surface area contributed by atoms with Crippen LogP contribution in [0.15, 0.2) is 66.0 Å². The quantitative estimate of drug-likeness (QED) is 0.383. The summed E-state index contributed by atoms with van der Waals surface area (Å²) in [6.45, 7) is 1.08. The Labute approximate surface area is 178 Å². The Kier molecular flexibility index (Phi) is 6.09. The molecule has 0 saturated carbocycles. The molecule has 0 N–H and O–H groups in total. The van der Waals surface area contributed by atoms with Gasteiger partial charge in [-0.25, -0.2) is 0 Å². The van der Waals surface area contributed by atoms with E-state index >= 15 is 0 Å². The number of thiophene rings is 1. The second-order valence-corrected chi connectivity index (χ2v) is 8.19. The van der Waals surface area contributed by atoms with Crippen molar-refractivity contribution in [2.24, 2.45) is 0 Å². The van der Waals surface area contributed by atoms with E-state index in [1.165, 1.54) is 29.0 Å². The second kappa shape index (κ2) is 9.09. The minimum absolute atomic E-state index is 0.0280. The maximum Gasteiger partial charge on any atom is 0.269 e. The molecule has 0 spiro atoms. The fraction of sp³-hybridized carbons (Fsp3) is 0.261. The number of carbonyl (C=O) groups is 1. The van der Waals surface area contributed by atoms with Crippen LogP contribution in [0.25, 0.3) is 0 Å². The van der Waals surface area contributed by atoms with Crippen molar-refractivity contribution in [3.05, 3.63) is 92.2 Å². The molecule has 1 aliphatic heterocycles. The Morgan fingerprint density at radius 2 is 1.90 bits per heavy atom. The van der Waals surface area contributed by atoms with Crippen LogP contribution in [0.1, 0.15) is 46.1 Å². The lowest BCUT2D eigenvalue weighted by molar-refractivity contribution is -0.384. The molecule has 0 radical (unpaired) electrons. The van der Waals surface area contributed by atoms with Crippen LogP contribution in [0.4, 0.5) is 5.69 Å². The highest BCUT2D eigenvalue weighted by molar-refractivity contribution is 7.12. The molecule has 1 fully saturated rings. The lowest BCUT2D eigenvalue weighted by atomic mass is 9.95. The minimum Gasteiger partial charge on any atom is -0.489 e. The molecule has 1 aromatic heterocycles. The standard InChI is InChI=1S/C23H22N2O4S/c26-23(24-13-5-4-8-21(24)18-6-2-1-3-7-18)22-14-17(16-30-22)15-29-20-11-9-19(10-12-20)25(27)28/h1-3,6-7,9-12,14,16,21H,4-5,8,13,15H2. The number of amides is 1. The summed E-state index contributed by atoms with van der Waals surface area (Å²) < 4.78 is 5.71. The number of piperidine rings is 1. The summed E-state index contributed by atoms with van der Waals surface area (Å²) in [5, 5.41) is 12.7. The average Bonchev–Trinajstić information content (AvgIpc) is 3.27. The number of likely N-dealkylation sites (tertiary alicyclic amines) is 1. The van der Waals surface area contributed by atoms with Gasteiger partial charge < -0.3 is 9.64 Å². The number of nitro benzene ring substituents is 1. The van der Waals surface area contributed by atoms with Gasteiger partial charge in [-0.3, -0.25) is 14.9 Å². The molecule has 30 heavy (non-hydrogen) atoms. The van der Waals surface area contributed by atoms with E-state index in [1.54, 1.807) is 12.1 Å². The van der Waals surface area contributed by atoms with E-state index in [2.05, 4.69) is 12.1 Å². The normalized spacial score (nSPS) is 16.3. The largest absolute Gasteiger partial charge is 0.489 e. The molecular formula is C23H22N2O4S. The van der Waals surface area contributed by atoms with Crippen molar-refractivity contribution < 1.29 is 14.5 Å². The van der Waals surface area contributed by atoms with Gasteiger partial charge in [-0.1, -0.05) is 30.3 Å². The third-order valence-electron chi connectivity index (χ3n) is 5.27. The smallest absolute Gasteiger partial charge is 0.269 e. The van der Waals surface area contributed by atoms with Crippen LogP contribution in [0, 0.1) is 10.1 Å². The summed E-state index contributed by atoms with van der Waals surface area (Å²) >= 11 is 1.43. The van der Waals surface area contributed by atoms with Crippen LogP contribution in [0.5, 0.6) is 5.75 Å². The van der Waals surface area contributed by atoms with Gasteiger partial charge in [0.25, 0.3) is 11.6 Å². The highest BCUT2D eigenvalue weighted by Gasteiger charge is 2.29. The summed E-state index contributed by atoms with van der Waals surface area (Å²) in [5.41, 5.74) is 2.12. The second-order valence-electron chi connectivity index (χ2n) is 7.28. The molecule has 0 aliphatic carbocycles. The zero-order valence-electron chi connectivity index (χ0n) is 16.4. The number of non-ortho nitro benzene ring substituents is 1. The van der Waals surface area contributed by atoms with Gasteiger partial charge in [0.2, 0.25) is 0 Å². The average molecular weight is 423 g/mol. The topological polar surface area (TPSA) is 72.7 Å². The molecule has 3 aromatic rings. The highest BCUT2D eigenvalue weighted by atomic mass is 32.1. The summed E-state index contributed by atoms with van der Waals surface area (Å²) in [4.78, 5) is 26.2. The molecular weight excluding hydrogens is 400 g/mol. The van der Waals surface area contributed by atoms with Crippen LogP contribution < -0.4 is 4.74 Å². The van der Waals surface area contributed by atoms with Crippen LogP contribution in [0.2, 0.25) is 0 Å². The van der Waals surface area contributed by atoms with E-state index in [9.17, 15) is 14.9 Å². The summed E-state index contributed by atoms with van der Waals surface area (Å²) in [5.74, 6) is 0.620. The predicted octanol–water partition coefficient (Wildman–Crippen LogP) is 5.60. The van der Waals surface area contributed by atoms with Gasteiger partial charge >= 0.3 is 0 Å². The molecule has 1 amide bonds. The zero-order chi connectivity index (χ0) is 20.9. The van der Waals surface area contributed by atoms with Gasteiger partial charge in [0.15, 0.2) is 0 Å². The summed E-state index contributed by atoms with van der Waals surface area (Å²) in [6.07, 6.45) is 3.13. The number of hydrogen-bond donors (Lipinski definition) is 0. The third kappa shape index (κ3) is 4.52. The van der Waals surface area contributed by atoms with Gasteiger partial charge in [-0.15, -0.1) is 11.3 Å². The first-order chi connectivity index (χ1) is 14.6. The predicted molar refractivity (Wildman–Crippen MR) is 116 cm³/mol. The minimum atomic E-state index is -0.441. The number of hydrogen-bond acceptors (Lipinski definition) is 5. The lowest BCUT2D eigenvalue weighted by Crippen LogP contribution is -2.38. The fourth-order valence-electron chi connectivity index (χ4n) is 3.73. The molecule has 1 atom stereocenters. The van der Waals surface area contributed by atoms with Gasteiger partial charge in [0, 0.05) is 24.2 Å². The van der Waals surface area contributed by atoms with Crippen molar-refractivity contribution in [3.8, 4) is 5.75 Å². The Balaban J connectivity index is 1.42.